The fourth-order valence-electron chi connectivity index (χ4n) is 3.28. The van der Waals surface area contributed by atoms with Crippen molar-refractivity contribution in [3.63, 3.8) is 0 Å². The molecule has 3 rings (SSSR count). The van der Waals surface area contributed by atoms with Gasteiger partial charge in [-0.1, -0.05) is 43.0 Å². The summed E-state index contributed by atoms with van der Waals surface area (Å²) in [5.74, 6) is 0.233. The first-order valence-electron chi connectivity index (χ1n) is 8.60. The van der Waals surface area contributed by atoms with Crippen LogP contribution in [0.3, 0.4) is 0 Å². The minimum atomic E-state index is -0.467. The van der Waals surface area contributed by atoms with Crippen LogP contribution in [0, 0.1) is 5.82 Å². The Hall–Kier alpha value is -2.07. The van der Waals surface area contributed by atoms with Crippen molar-refractivity contribution in [3.05, 3.63) is 58.9 Å². The van der Waals surface area contributed by atoms with Gasteiger partial charge in [0.05, 0.1) is 5.69 Å². The summed E-state index contributed by atoms with van der Waals surface area (Å²) >= 11 is 6.15. The molecule has 1 N–H and O–H groups in total. The fraction of sp³-hybridized carbons (Fsp3) is 0.350. The topological polar surface area (TPSA) is 38.3 Å². The molecule has 0 atom stereocenters. The molecule has 0 spiro atoms. The van der Waals surface area contributed by atoms with E-state index in [2.05, 4.69) is 5.32 Å². The van der Waals surface area contributed by atoms with Gasteiger partial charge in [-0.15, -0.1) is 0 Å². The highest BCUT2D eigenvalue weighted by molar-refractivity contribution is 6.30. The number of carbonyl (C=O) groups excluding carboxylic acids is 1. The van der Waals surface area contributed by atoms with Crippen LogP contribution < -0.4 is 10.1 Å². The molecule has 1 aliphatic rings. The van der Waals surface area contributed by atoms with Crippen molar-refractivity contribution in [1.82, 2.24) is 0 Å². The zero-order chi connectivity index (χ0) is 17.6. The van der Waals surface area contributed by atoms with Gasteiger partial charge >= 0.3 is 0 Å². The number of benzene rings is 2. The third-order valence-electron chi connectivity index (χ3n) is 4.52. The highest BCUT2D eigenvalue weighted by atomic mass is 35.5. The summed E-state index contributed by atoms with van der Waals surface area (Å²) in [7, 11) is 0. The van der Waals surface area contributed by atoms with Gasteiger partial charge in [-0.3, -0.25) is 4.79 Å². The Kier molecular flexibility index (Phi) is 5.92. The van der Waals surface area contributed by atoms with Crippen molar-refractivity contribution < 1.29 is 13.9 Å². The van der Waals surface area contributed by atoms with Crippen molar-refractivity contribution in [2.24, 2.45) is 0 Å². The molecule has 3 nitrogen and oxygen atoms in total. The Morgan fingerprint density at radius 3 is 2.68 bits per heavy atom. The number of hydrogen-bond acceptors (Lipinski definition) is 2. The van der Waals surface area contributed by atoms with Crippen molar-refractivity contribution in [1.29, 1.82) is 0 Å². The summed E-state index contributed by atoms with van der Waals surface area (Å²) < 4.78 is 19.3. The third kappa shape index (κ3) is 4.73. The lowest BCUT2D eigenvalue weighted by molar-refractivity contribution is -0.118. The Morgan fingerprint density at radius 2 is 1.92 bits per heavy atom. The molecule has 0 radical (unpaired) electrons. The Labute approximate surface area is 152 Å². The number of nitrogens with one attached hydrogen (secondary N) is 1. The molecule has 5 heteroatoms. The molecular weight excluding hydrogens is 341 g/mol. The van der Waals surface area contributed by atoms with Crippen LogP contribution >= 0.6 is 11.6 Å². The minimum Gasteiger partial charge on any atom is -0.483 e. The second kappa shape index (κ2) is 8.34. The molecule has 0 unspecified atom stereocenters. The summed E-state index contributed by atoms with van der Waals surface area (Å²) in [5.41, 5.74) is 1.21. The molecule has 132 valence electrons. The summed E-state index contributed by atoms with van der Waals surface area (Å²) in [5, 5.41) is 3.20. The highest BCUT2D eigenvalue weighted by Crippen LogP contribution is 2.38. The van der Waals surface area contributed by atoms with Gasteiger partial charge in [0.2, 0.25) is 0 Å². The van der Waals surface area contributed by atoms with Crippen LogP contribution in [0.25, 0.3) is 0 Å². The van der Waals surface area contributed by atoms with Crippen LogP contribution in [0.1, 0.15) is 43.6 Å². The summed E-state index contributed by atoms with van der Waals surface area (Å²) in [6, 6.07) is 11.6. The molecule has 25 heavy (non-hydrogen) atoms. The van der Waals surface area contributed by atoms with E-state index in [4.69, 9.17) is 16.3 Å². The van der Waals surface area contributed by atoms with Crippen molar-refractivity contribution in [2.75, 3.05) is 11.9 Å². The van der Waals surface area contributed by atoms with Gasteiger partial charge < -0.3 is 10.1 Å². The van der Waals surface area contributed by atoms with Crippen LogP contribution in [-0.4, -0.2) is 12.5 Å². The van der Waals surface area contributed by atoms with Crippen LogP contribution in [0.2, 0.25) is 5.02 Å². The predicted octanol–water partition coefficient (Wildman–Crippen LogP) is 5.54. The summed E-state index contributed by atoms with van der Waals surface area (Å²) in [6.45, 7) is -0.171. The number of carbonyl (C=O) groups is 1. The number of amides is 1. The van der Waals surface area contributed by atoms with E-state index >= 15 is 0 Å². The van der Waals surface area contributed by atoms with Crippen LogP contribution in [0.5, 0.6) is 5.75 Å². The molecule has 0 aromatic heterocycles. The van der Waals surface area contributed by atoms with Crippen molar-refractivity contribution in [3.8, 4) is 5.75 Å². The second-order valence-electron chi connectivity index (χ2n) is 6.33. The second-order valence-corrected chi connectivity index (χ2v) is 6.77. The van der Waals surface area contributed by atoms with Gasteiger partial charge in [-0.25, -0.2) is 4.39 Å². The molecule has 0 heterocycles. The maximum atomic E-state index is 13.6. The normalized spacial score (nSPS) is 15.0. The van der Waals surface area contributed by atoms with Crippen LogP contribution in [0.4, 0.5) is 10.1 Å². The Morgan fingerprint density at radius 1 is 1.16 bits per heavy atom. The van der Waals surface area contributed by atoms with E-state index in [1.165, 1.54) is 31.4 Å². The zero-order valence-electron chi connectivity index (χ0n) is 13.9. The van der Waals surface area contributed by atoms with Crippen molar-refractivity contribution in [2.45, 2.75) is 38.0 Å². The number of anilines is 1. The SMILES string of the molecule is O=C(COc1ccc(Cl)cc1C1CCCCC1)Nc1ccccc1F. The number of ether oxygens (including phenoxy) is 1. The molecule has 0 aliphatic heterocycles. The maximum absolute atomic E-state index is 13.6. The Balaban J connectivity index is 1.66. The van der Waals surface area contributed by atoms with E-state index in [1.54, 1.807) is 18.2 Å². The lowest BCUT2D eigenvalue weighted by atomic mass is 9.84. The number of para-hydroxylation sites is 1. The van der Waals surface area contributed by atoms with Gasteiger partial charge in [0.25, 0.3) is 5.91 Å². The molecule has 1 saturated carbocycles. The largest absolute Gasteiger partial charge is 0.483 e. The Bertz CT molecular complexity index is 744. The van der Waals surface area contributed by atoms with Crippen molar-refractivity contribution >= 4 is 23.2 Å². The molecule has 0 bridgehead atoms. The number of halogens is 2. The van der Waals surface area contributed by atoms with Gasteiger partial charge in [0.1, 0.15) is 11.6 Å². The quantitative estimate of drug-likeness (QED) is 0.758. The summed E-state index contributed by atoms with van der Waals surface area (Å²) in [4.78, 5) is 12.1. The molecule has 0 saturated heterocycles. The zero-order valence-corrected chi connectivity index (χ0v) is 14.7. The van der Waals surface area contributed by atoms with E-state index in [0.29, 0.717) is 16.7 Å². The standard InChI is InChI=1S/C20H21ClFNO2/c21-15-10-11-19(16(12-15)14-6-2-1-3-7-14)25-13-20(24)23-18-9-5-4-8-17(18)22/h4-5,8-12,14H,1-3,6-7,13H2,(H,23,24). The van der Waals surface area contributed by atoms with Crippen LogP contribution in [-0.2, 0) is 4.79 Å². The fourth-order valence-corrected chi connectivity index (χ4v) is 3.46. The van der Waals surface area contributed by atoms with Gasteiger partial charge in [-0.05, 0) is 54.7 Å². The van der Waals surface area contributed by atoms with E-state index < -0.39 is 11.7 Å². The third-order valence-corrected chi connectivity index (χ3v) is 4.76. The number of hydrogen-bond donors (Lipinski definition) is 1. The minimum absolute atomic E-state index is 0.153. The number of rotatable bonds is 5. The monoisotopic (exact) mass is 361 g/mol. The van der Waals surface area contributed by atoms with E-state index in [1.807, 2.05) is 12.1 Å². The molecule has 1 fully saturated rings. The van der Waals surface area contributed by atoms with Gasteiger partial charge in [0.15, 0.2) is 6.61 Å². The van der Waals surface area contributed by atoms with Gasteiger partial charge in [-0.2, -0.15) is 0 Å². The average Bonchev–Trinajstić information content (AvgIpc) is 2.63. The van der Waals surface area contributed by atoms with Crippen LogP contribution in [0.15, 0.2) is 42.5 Å². The highest BCUT2D eigenvalue weighted by Gasteiger charge is 2.20. The first-order chi connectivity index (χ1) is 12.1. The first-order valence-corrected chi connectivity index (χ1v) is 8.98. The lowest BCUT2D eigenvalue weighted by Crippen LogP contribution is -2.21. The predicted molar refractivity (Wildman–Crippen MR) is 97.8 cm³/mol. The van der Waals surface area contributed by atoms with E-state index in [0.717, 1.165) is 18.4 Å². The lowest BCUT2D eigenvalue weighted by Gasteiger charge is -2.24. The molecule has 1 amide bonds. The molecule has 1 aliphatic carbocycles. The van der Waals surface area contributed by atoms with E-state index in [9.17, 15) is 9.18 Å². The molecule has 2 aromatic rings. The smallest absolute Gasteiger partial charge is 0.262 e. The molecular formula is C20H21ClFNO2. The first kappa shape index (κ1) is 17.7. The molecule has 2 aromatic carbocycles. The maximum Gasteiger partial charge on any atom is 0.262 e. The van der Waals surface area contributed by atoms with Gasteiger partial charge in [0, 0.05) is 5.02 Å². The average molecular weight is 362 g/mol. The van der Waals surface area contributed by atoms with E-state index in [-0.39, 0.29) is 12.3 Å². The summed E-state index contributed by atoms with van der Waals surface area (Å²) in [6.07, 6.45) is 5.88.